The molecule has 1 amide bonds. The molecule has 17 heavy (non-hydrogen) atoms. The van der Waals surface area contributed by atoms with Gasteiger partial charge in [-0.3, -0.25) is 9.48 Å². The van der Waals surface area contributed by atoms with Crippen molar-refractivity contribution in [1.29, 1.82) is 0 Å². The number of hydrogen-bond donors (Lipinski definition) is 2. The number of aliphatic hydroxyl groups is 1. The number of unbranched alkanes of at least 4 members (excludes halogenated alkanes) is 1. The molecule has 96 valence electrons. The van der Waals surface area contributed by atoms with Gasteiger partial charge in [-0.1, -0.05) is 13.3 Å². The van der Waals surface area contributed by atoms with Crippen molar-refractivity contribution in [3.8, 4) is 0 Å². The number of hydrogen-bond acceptors (Lipinski definition) is 3. The SMILES string of the molecule is CCCCC(=O)Nc1ccn(CC(C)(C)O)n1. The van der Waals surface area contributed by atoms with Gasteiger partial charge < -0.3 is 10.4 Å². The zero-order chi connectivity index (χ0) is 12.9. The van der Waals surface area contributed by atoms with Gasteiger partial charge in [-0.05, 0) is 20.3 Å². The second-order valence-corrected chi connectivity index (χ2v) is 4.86. The van der Waals surface area contributed by atoms with Crippen molar-refractivity contribution in [3.05, 3.63) is 12.3 Å². The molecular formula is C12H21N3O2. The van der Waals surface area contributed by atoms with Gasteiger partial charge in [0.05, 0.1) is 12.1 Å². The van der Waals surface area contributed by atoms with E-state index < -0.39 is 5.60 Å². The first-order valence-electron chi connectivity index (χ1n) is 5.96. The average molecular weight is 239 g/mol. The number of carbonyl (C=O) groups is 1. The van der Waals surface area contributed by atoms with Gasteiger partial charge >= 0.3 is 0 Å². The molecule has 0 aliphatic rings. The summed E-state index contributed by atoms with van der Waals surface area (Å²) in [4.78, 5) is 11.5. The zero-order valence-corrected chi connectivity index (χ0v) is 10.7. The van der Waals surface area contributed by atoms with E-state index in [1.165, 1.54) is 0 Å². The summed E-state index contributed by atoms with van der Waals surface area (Å²) in [5.74, 6) is 0.524. The van der Waals surface area contributed by atoms with Crippen LogP contribution in [0.5, 0.6) is 0 Å². The lowest BCUT2D eigenvalue weighted by Crippen LogP contribution is -2.26. The third kappa shape index (κ3) is 5.49. The first kappa shape index (κ1) is 13.7. The predicted molar refractivity (Wildman–Crippen MR) is 66.7 cm³/mol. The van der Waals surface area contributed by atoms with Crippen LogP contribution in [0.3, 0.4) is 0 Å². The first-order chi connectivity index (χ1) is 7.90. The lowest BCUT2D eigenvalue weighted by atomic mass is 10.1. The molecule has 1 aromatic rings. The highest BCUT2D eigenvalue weighted by Crippen LogP contribution is 2.09. The molecule has 5 nitrogen and oxygen atoms in total. The van der Waals surface area contributed by atoms with E-state index in [1.54, 1.807) is 30.8 Å². The van der Waals surface area contributed by atoms with Gasteiger partial charge in [0.15, 0.2) is 5.82 Å². The zero-order valence-electron chi connectivity index (χ0n) is 10.7. The molecule has 0 aromatic carbocycles. The van der Waals surface area contributed by atoms with Crippen LogP contribution in [0.2, 0.25) is 0 Å². The lowest BCUT2D eigenvalue weighted by Gasteiger charge is -2.16. The van der Waals surface area contributed by atoms with Crippen LogP contribution < -0.4 is 5.32 Å². The van der Waals surface area contributed by atoms with Gasteiger partial charge in [-0.2, -0.15) is 5.10 Å². The second-order valence-electron chi connectivity index (χ2n) is 4.86. The van der Waals surface area contributed by atoms with E-state index >= 15 is 0 Å². The van der Waals surface area contributed by atoms with Crippen molar-refractivity contribution in [1.82, 2.24) is 9.78 Å². The van der Waals surface area contributed by atoms with Crippen molar-refractivity contribution in [2.24, 2.45) is 0 Å². The van der Waals surface area contributed by atoms with Crippen molar-refractivity contribution in [3.63, 3.8) is 0 Å². The molecule has 0 atom stereocenters. The molecule has 2 N–H and O–H groups in total. The third-order valence-electron chi connectivity index (χ3n) is 2.21. The van der Waals surface area contributed by atoms with Crippen LogP contribution in [-0.2, 0) is 11.3 Å². The van der Waals surface area contributed by atoms with Crippen molar-refractivity contribution in [2.45, 2.75) is 52.2 Å². The fourth-order valence-corrected chi connectivity index (χ4v) is 1.46. The lowest BCUT2D eigenvalue weighted by molar-refractivity contribution is -0.116. The Morgan fingerprint density at radius 3 is 2.88 bits per heavy atom. The maximum Gasteiger partial charge on any atom is 0.225 e. The molecule has 0 radical (unpaired) electrons. The van der Waals surface area contributed by atoms with Gasteiger partial charge in [0.1, 0.15) is 0 Å². The Morgan fingerprint density at radius 1 is 1.59 bits per heavy atom. The molecule has 1 aromatic heterocycles. The minimum absolute atomic E-state index is 0.0136. The van der Waals surface area contributed by atoms with Crippen LogP contribution in [0.25, 0.3) is 0 Å². The molecule has 0 unspecified atom stereocenters. The van der Waals surface area contributed by atoms with Gasteiger partial charge in [-0.15, -0.1) is 0 Å². The fourth-order valence-electron chi connectivity index (χ4n) is 1.46. The number of aromatic nitrogens is 2. The van der Waals surface area contributed by atoms with E-state index in [-0.39, 0.29) is 5.91 Å². The number of nitrogens with one attached hydrogen (secondary N) is 1. The van der Waals surface area contributed by atoms with Crippen molar-refractivity contribution < 1.29 is 9.90 Å². The summed E-state index contributed by atoms with van der Waals surface area (Å²) < 4.78 is 1.62. The van der Waals surface area contributed by atoms with Crippen LogP contribution in [0, 0.1) is 0 Å². The minimum Gasteiger partial charge on any atom is -0.389 e. The van der Waals surface area contributed by atoms with Crippen molar-refractivity contribution >= 4 is 11.7 Å². The molecule has 0 fully saturated rings. The van der Waals surface area contributed by atoms with Gasteiger partial charge in [-0.25, -0.2) is 0 Å². The largest absolute Gasteiger partial charge is 0.389 e. The monoisotopic (exact) mass is 239 g/mol. The summed E-state index contributed by atoms with van der Waals surface area (Å²) in [6.07, 6.45) is 4.15. The molecule has 0 saturated carbocycles. The Labute approximate surface area is 102 Å². The highest BCUT2D eigenvalue weighted by molar-refractivity contribution is 5.89. The fraction of sp³-hybridized carbons (Fsp3) is 0.667. The van der Waals surface area contributed by atoms with Gasteiger partial charge in [0.2, 0.25) is 5.91 Å². The van der Waals surface area contributed by atoms with E-state index in [0.717, 1.165) is 12.8 Å². The van der Waals surface area contributed by atoms with Crippen LogP contribution in [0.15, 0.2) is 12.3 Å². The Hall–Kier alpha value is -1.36. The first-order valence-corrected chi connectivity index (χ1v) is 5.96. The second kappa shape index (κ2) is 5.82. The van der Waals surface area contributed by atoms with Crippen LogP contribution in [0.4, 0.5) is 5.82 Å². The average Bonchev–Trinajstić information content (AvgIpc) is 2.59. The number of amides is 1. The maximum atomic E-state index is 11.5. The molecule has 5 heteroatoms. The quantitative estimate of drug-likeness (QED) is 0.795. The van der Waals surface area contributed by atoms with E-state index in [2.05, 4.69) is 10.4 Å². The maximum absolute atomic E-state index is 11.5. The molecule has 0 bridgehead atoms. The Kier molecular flexibility index (Phi) is 4.69. The molecule has 0 aliphatic carbocycles. The molecule has 1 rings (SSSR count). The molecule has 0 aliphatic heterocycles. The summed E-state index contributed by atoms with van der Waals surface area (Å²) in [6.45, 7) is 5.88. The Balaban J connectivity index is 2.48. The number of rotatable bonds is 6. The molecule has 0 saturated heterocycles. The highest BCUT2D eigenvalue weighted by atomic mass is 16.3. The van der Waals surface area contributed by atoms with Crippen LogP contribution in [0.1, 0.15) is 40.0 Å². The highest BCUT2D eigenvalue weighted by Gasteiger charge is 2.14. The summed E-state index contributed by atoms with van der Waals surface area (Å²) >= 11 is 0. The van der Waals surface area contributed by atoms with Gasteiger partial charge in [0.25, 0.3) is 0 Å². The summed E-state index contributed by atoms with van der Waals surface area (Å²) in [6, 6.07) is 1.73. The normalized spacial score (nSPS) is 11.5. The summed E-state index contributed by atoms with van der Waals surface area (Å²) in [5, 5.41) is 16.5. The Bertz CT molecular complexity index is 366. The van der Waals surface area contributed by atoms with Crippen LogP contribution in [-0.4, -0.2) is 26.4 Å². The number of nitrogens with zero attached hydrogens (tertiary/aromatic N) is 2. The third-order valence-corrected chi connectivity index (χ3v) is 2.21. The van der Waals surface area contributed by atoms with E-state index in [4.69, 9.17) is 0 Å². The van der Waals surface area contributed by atoms with Crippen LogP contribution >= 0.6 is 0 Å². The predicted octanol–water partition coefficient (Wildman–Crippen LogP) is 1.78. The van der Waals surface area contributed by atoms with Crippen molar-refractivity contribution in [2.75, 3.05) is 5.32 Å². The topological polar surface area (TPSA) is 67.2 Å². The van der Waals surface area contributed by atoms with E-state index in [0.29, 0.717) is 18.8 Å². The number of carbonyl (C=O) groups excluding carboxylic acids is 1. The summed E-state index contributed by atoms with van der Waals surface area (Å²) in [7, 11) is 0. The minimum atomic E-state index is -0.810. The number of anilines is 1. The molecule has 1 heterocycles. The van der Waals surface area contributed by atoms with Gasteiger partial charge in [0, 0.05) is 18.7 Å². The standard InChI is InChI=1S/C12H21N3O2/c1-4-5-6-11(16)13-10-7-8-15(14-10)9-12(2,3)17/h7-8,17H,4-6,9H2,1-3H3,(H,13,14,16). The smallest absolute Gasteiger partial charge is 0.225 e. The summed E-state index contributed by atoms with van der Waals surface area (Å²) in [5.41, 5.74) is -0.810. The van der Waals surface area contributed by atoms with E-state index in [1.807, 2.05) is 6.92 Å². The van der Waals surface area contributed by atoms with E-state index in [9.17, 15) is 9.90 Å². The Morgan fingerprint density at radius 2 is 2.29 bits per heavy atom. The molecule has 0 spiro atoms. The molecular weight excluding hydrogens is 218 g/mol.